The topological polar surface area (TPSA) is 85.2 Å². The number of thioether (sulfide) groups is 1. The zero-order valence-electron chi connectivity index (χ0n) is 17.7. The van der Waals surface area contributed by atoms with Gasteiger partial charge < -0.3 is 14.6 Å². The highest BCUT2D eigenvalue weighted by atomic mass is 32.2. The molecule has 0 radical (unpaired) electrons. The third kappa shape index (κ3) is 5.51. The molecule has 1 aliphatic heterocycles. The van der Waals surface area contributed by atoms with Crippen LogP contribution in [0.4, 0.5) is 5.13 Å². The number of carbonyl (C=O) groups is 1. The molecule has 1 N–H and O–H groups in total. The Bertz CT molecular complexity index is 1010. The quantitative estimate of drug-likeness (QED) is 0.519. The van der Waals surface area contributed by atoms with Crippen molar-refractivity contribution >= 4 is 34.1 Å². The first-order valence-electron chi connectivity index (χ1n) is 10.3. The molecule has 0 aliphatic carbocycles. The van der Waals surface area contributed by atoms with Crippen LogP contribution in [0, 0.1) is 6.92 Å². The number of thiazole rings is 1. The van der Waals surface area contributed by atoms with Gasteiger partial charge in [0.2, 0.25) is 5.91 Å². The normalized spacial score (nSPS) is 14.6. The standard InChI is InChI=1S/C21H26N6O2S2/c1-3-27-17(13-26-9-11-29-12-10-26)24-25-21(27)30-14-18(28)22-20-23-19(15(2)31-20)16-7-5-4-6-8-16/h4-8H,3,9-14H2,1-2H3,(H,22,23,28). The van der Waals surface area contributed by atoms with E-state index in [0.29, 0.717) is 5.13 Å². The lowest BCUT2D eigenvalue weighted by Crippen LogP contribution is -2.36. The van der Waals surface area contributed by atoms with Crippen molar-refractivity contribution < 1.29 is 9.53 Å². The minimum Gasteiger partial charge on any atom is -0.379 e. The van der Waals surface area contributed by atoms with Crippen molar-refractivity contribution in [2.45, 2.75) is 32.1 Å². The van der Waals surface area contributed by atoms with Crippen LogP contribution < -0.4 is 5.32 Å². The van der Waals surface area contributed by atoms with Crippen LogP contribution in [0.25, 0.3) is 11.3 Å². The lowest BCUT2D eigenvalue weighted by molar-refractivity contribution is -0.113. The molecule has 1 amide bonds. The molecule has 0 atom stereocenters. The van der Waals surface area contributed by atoms with Crippen LogP contribution in [0.5, 0.6) is 0 Å². The first-order chi connectivity index (χ1) is 15.1. The van der Waals surface area contributed by atoms with Gasteiger partial charge in [0.05, 0.1) is 31.2 Å². The van der Waals surface area contributed by atoms with Crippen LogP contribution in [0.3, 0.4) is 0 Å². The van der Waals surface area contributed by atoms with Crippen LogP contribution >= 0.6 is 23.1 Å². The second-order valence-corrected chi connectivity index (χ2v) is 9.30. The fourth-order valence-electron chi connectivity index (χ4n) is 3.42. The first-order valence-corrected chi connectivity index (χ1v) is 12.1. The van der Waals surface area contributed by atoms with Crippen LogP contribution in [-0.2, 0) is 22.6 Å². The van der Waals surface area contributed by atoms with Gasteiger partial charge in [-0.3, -0.25) is 9.69 Å². The van der Waals surface area contributed by atoms with E-state index in [1.54, 1.807) is 0 Å². The number of anilines is 1. The van der Waals surface area contributed by atoms with Crippen molar-refractivity contribution in [3.63, 3.8) is 0 Å². The molecule has 0 spiro atoms. The summed E-state index contributed by atoms with van der Waals surface area (Å²) >= 11 is 2.89. The number of morpholine rings is 1. The zero-order valence-corrected chi connectivity index (χ0v) is 19.3. The largest absolute Gasteiger partial charge is 0.379 e. The van der Waals surface area contributed by atoms with Gasteiger partial charge in [0.25, 0.3) is 0 Å². The summed E-state index contributed by atoms with van der Waals surface area (Å²) in [6.07, 6.45) is 0. The third-order valence-corrected chi connectivity index (χ3v) is 6.85. The Morgan fingerprint density at radius 1 is 1.23 bits per heavy atom. The predicted molar refractivity (Wildman–Crippen MR) is 123 cm³/mol. The number of hydrogen-bond donors (Lipinski definition) is 1. The van der Waals surface area contributed by atoms with Gasteiger partial charge >= 0.3 is 0 Å². The van der Waals surface area contributed by atoms with Gasteiger partial charge in [-0.2, -0.15) is 0 Å². The van der Waals surface area contributed by atoms with Gasteiger partial charge in [-0.05, 0) is 13.8 Å². The molecule has 164 valence electrons. The van der Waals surface area contributed by atoms with Crippen molar-refractivity contribution in [3.05, 3.63) is 41.0 Å². The number of rotatable bonds is 8. The molecule has 1 fully saturated rings. The smallest absolute Gasteiger partial charge is 0.236 e. The van der Waals surface area contributed by atoms with Gasteiger partial charge in [0, 0.05) is 30.1 Å². The summed E-state index contributed by atoms with van der Waals surface area (Å²) < 4.78 is 7.49. The Hall–Kier alpha value is -2.27. The Balaban J connectivity index is 1.35. The molecule has 0 unspecified atom stereocenters. The molecule has 0 saturated carbocycles. The molecular formula is C21H26N6O2S2. The summed E-state index contributed by atoms with van der Waals surface area (Å²) in [5, 5.41) is 13.0. The van der Waals surface area contributed by atoms with Crippen LogP contribution in [-0.4, -0.2) is 62.6 Å². The van der Waals surface area contributed by atoms with Gasteiger partial charge in [-0.25, -0.2) is 4.98 Å². The number of nitrogens with zero attached hydrogens (tertiary/aromatic N) is 5. The highest BCUT2D eigenvalue weighted by Gasteiger charge is 2.18. The van der Waals surface area contributed by atoms with E-state index in [4.69, 9.17) is 4.74 Å². The summed E-state index contributed by atoms with van der Waals surface area (Å²) in [5.41, 5.74) is 1.96. The van der Waals surface area contributed by atoms with E-state index in [9.17, 15) is 4.79 Å². The van der Waals surface area contributed by atoms with Crippen molar-refractivity contribution in [1.82, 2.24) is 24.6 Å². The highest BCUT2D eigenvalue weighted by Crippen LogP contribution is 2.30. The van der Waals surface area contributed by atoms with Gasteiger partial charge in [-0.15, -0.1) is 21.5 Å². The molecule has 2 aromatic heterocycles. The molecule has 0 bridgehead atoms. The molecule has 10 heteroatoms. The van der Waals surface area contributed by atoms with Crippen LogP contribution in [0.15, 0.2) is 35.5 Å². The molecule has 31 heavy (non-hydrogen) atoms. The second-order valence-electron chi connectivity index (χ2n) is 7.16. The van der Waals surface area contributed by atoms with Crippen molar-refractivity contribution in [2.75, 3.05) is 37.4 Å². The number of benzene rings is 1. The Kier molecular flexibility index (Phi) is 7.33. The van der Waals surface area contributed by atoms with E-state index in [0.717, 1.165) is 66.5 Å². The van der Waals surface area contributed by atoms with Gasteiger partial charge in [0.1, 0.15) is 5.82 Å². The first kappa shape index (κ1) is 21.9. The van der Waals surface area contributed by atoms with Crippen molar-refractivity contribution in [2.24, 2.45) is 0 Å². The van der Waals surface area contributed by atoms with E-state index in [-0.39, 0.29) is 11.7 Å². The molecule has 8 nitrogen and oxygen atoms in total. The minimum absolute atomic E-state index is 0.0984. The number of hydrogen-bond acceptors (Lipinski definition) is 8. The van der Waals surface area contributed by atoms with Crippen molar-refractivity contribution in [1.29, 1.82) is 0 Å². The highest BCUT2D eigenvalue weighted by molar-refractivity contribution is 7.99. The number of aryl methyl sites for hydroxylation is 1. The predicted octanol–water partition coefficient (Wildman–Crippen LogP) is 3.29. The molecule has 1 saturated heterocycles. The molecule has 4 rings (SSSR count). The van der Waals surface area contributed by atoms with Gasteiger partial charge in [0.15, 0.2) is 10.3 Å². The minimum atomic E-state index is -0.0984. The summed E-state index contributed by atoms with van der Waals surface area (Å²) in [7, 11) is 0. The SMILES string of the molecule is CCn1c(CN2CCOCC2)nnc1SCC(=O)Nc1nc(-c2ccccc2)c(C)s1. The maximum Gasteiger partial charge on any atom is 0.236 e. The number of aromatic nitrogens is 4. The number of nitrogens with one attached hydrogen (secondary N) is 1. The van der Waals surface area contributed by atoms with Crippen LogP contribution in [0.2, 0.25) is 0 Å². The second kappa shape index (κ2) is 10.4. The van der Waals surface area contributed by atoms with Crippen molar-refractivity contribution in [3.8, 4) is 11.3 Å². The maximum absolute atomic E-state index is 12.5. The van der Waals surface area contributed by atoms with E-state index in [2.05, 4.69) is 36.9 Å². The fourth-order valence-corrected chi connectivity index (χ4v) is 5.09. The molecule has 1 aromatic carbocycles. The number of amides is 1. The Morgan fingerprint density at radius 3 is 2.74 bits per heavy atom. The summed E-state index contributed by atoms with van der Waals surface area (Å²) in [6, 6.07) is 10.00. The van der Waals surface area contributed by atoms with E-state index < -0.39 is 0 Å². The molecule has 3 aromatic rings. The Morgan fingerprint density at radius 2 is 2.00 bits per heavy atom. The summed E-state index contributed by atoms with van der Waals surface area (Å²) in [6.45, 7) is 8.91. The lowest BCUT2D eigenvalue weighted by Gasteiger charge is -2.26. The fraction of sp³-hybridized carbons (Fsp3) is 0.429. The van der Waals surface area contributed by atoms with E-state index >= 15 is 0 Å². The average molecular weight is 459 g/mol. The zero-order chi connectivity index (χ0) is 21.6. The monoisotopic (exact) mass is 458 g/mol. The van der Waals surface area contributed by atoms with Crippen LogP contribution in [0.1, 0.15) is 17.6 Å². The van der Waals surface area contributed by atoms with E-state index in [1.807, 2.05) is 37.3 Å². The van der Waals surface area contributed by atoms with E-state index in [1.165, 1.54) is 23.1 Å². The molecule has 1 aliphatic rings. The Labute approximate surface area is 190 Å². The lowest BCUT2D eigenvalue weighted by atomic mass is 10.1. The third-order valence-electron chi connectivity index (χ3n) is 5.00. The average Bonchev–Trinajstić information content (AvgIpc) is 3.35. The summed E-state index contributed by atoms with van der Waals surface area (Å²) in [4.78, 5) is 20.5. The molecular weight excluding hydrogens is 432 g/mol. The molecule has 3 heterocycles. The van der Waals surface area contributed by atoms with Gasteiger partial charge in [-0.1, -0.05) is 42.1 Å². The summed E-state index contributed by atoms with van der Waals surface area (Å²) in [5.74, 6) is 1.09. The maximum atomic E-state index is 12.5. The number of carbonyl (C=O) groups excluding carboxylic acids is 1. The number of ether oxygens (including phenoxy) is 1.